The molecule has 0 atom stereocenters. The molecule has 2 aliphatic carbocycles. The Kier molecular flexibility index (Phi) is 8.26. The summed E-state index contributed by atoms with van der Waals surface area (Å²) in [7, 11) is 0. The van der Waals surface area contributed by atoms with E-state index in [0.717, 1.165) is 12.8 Å². The second-order valence-corrected chi connectivity index (χ2v) is 29.0. The zero-order valence-corrected chi connectivity index (χ0v) is 25.1. The van der Waals surface area contributed by atoms with Crippen LogP contribution >= 0.6 is 0 Å². The Hall–Kier alpha value is -1.97. The van der Waals surface area contributed by atoms with Crippen molar-refractivity contribution in [1.82, 2.24) is 0 Å². The van der Waals surface area contributed by atoms with E-state index in [9.17, 15) is 0 Å². The normalized spacial score (nSPS) is 12.9. The van der Waals surface area contributed by atoms with Crippen LogP contribution in [0.5, 0.6) is 0 Å². The van der Waals surface area contributed by atoms with E-state index in [4.69, 9.17) is 0 Å². The second kappa shape index (κ2) is 11.2. The van der Waals surface area contributed by atoms with Crippen molar-refractivity contribution in [3.05, 3.63) is 136 Å². The standard InChI is InChI=1S/C13H9.C12H11Si.C5H5.2ClH.Hf/c1-3-7-12-10(5-1)9-11-6-2-4-8-13(11)12;1-3-7-11(8-4-1)13-12-9-5-2-6-10-12;1-2-4-5-3-1;;;/h1-5,7-8H,9H2;1-10,13H;1-3H,4H2;2*1H;/q;;;;;+2/p-2. The van der Waals surface area contributed by atoms with E-state index in [2.05, 4.69) is 121 Å². The number of halogens is 2. The Morgan fingerprint density at radius 3 is 1.88 bits per heavy atom. The van der Waals surface area contributed by atoms with Crippen molar-refractivity contribution >= 4 is 19.7 Å². The van der Waals surface area contributed by atoms with Gasteiger partial charge in [0.25, 0.3) is 0 Å². The van der Waals surface area contributed by atoms with Gasteiger partial charge >= 0.3 is 200 Å². The fraction of sp³-hybridized carbons (Fsp3) is 0.0667. The Bertz CT molecular complexity index is 1290. The van der Waals surface area contributed by atoms with Gasteiger partial charge in [-0.2, -0.15) is 0 Å². The molecule has 0 unspecified atom stereocenters. The fourth-order valence-electron chi connectivity index (χ4n) is 5.39. The average molecular weight is 663 g/mol. The first-order valence-electron chi connectivity index (χ1n) is 11.4. The molecule has 167 valence electrons. The topological polar surface area (TPSA) is 0 Å². The molecule has 0 bridgehead atoms. The maximum atomic E-state index is 2.51. The molecule has 0 saturated heterocycles. The molecule has 2 aliphatic rings. The quantitative estimate of drug-likeness (QED) is 0.210. The zero-order valence-electron chi connectivity index (χ0n) is 18.8. The first-order chi connectivity index (χ1) is 15.9. The van der Waals surface area contributed by atoms with Crippen molar-refractivity contribution in [3.63, 3.8) is 0 Å². The molecule has 0 spiro atoms. The van der Waals surface area contributed by atoms with Crippen molar-refractivity contribution in [2.24, 2.45) is 0 Å². The van der Waals surface area contributed by atoms with Crippen LogP contribution in [0.25, 0.3) is 11.1 Å². The van der Waals surface area contributed by atoms with E-state index >= 15 is 0 Å². The molecule has 0 nitrogen and oxygen atoms in total. The minimum Gasteiger partial charge on any atom is -1.00 e. The summed E-state index contributed by atoms with van der Waals surface area (Å²) in [6.07, 6.45) is 9.41. The van der Waals surface area contributed by atoms with Crippen LogP contribution in [0.3, 0.4) is 0 Å². The van der Waals surface area contributed by atoms with E-state index in [1.165, 1.54) is 16.7 Å². The van der Waals surface area contributed by atoms with Crippen LogP contribution in [0, 0.1) is 0 Å². The van der Waals surface area contributed by atoms with Gasteiger partial charge < -0.3 is 24.8 Å². The minimum absolute atomic E-state index is 0. The minimum atomic E-state index is -2.46. The number of hydrogen-bond acceptors (Lipinski definition) is 0. The number of fused-ring (bicyclic) bond motifs is 3. The first kappa shape index (κ1) is 25.1. The summed E-state index contributed by atoms with van der Waals surface area (Å²) >= 11 is -2.46. The molecule has 0 fully saturated rings. The molecule has 0 heterocycles. The van der Waals surface area contributed by atoms with E-state index in [1.54, 1.807) is 22.6 Å². The molecule has 0 aromatic heterocycles. The Balaban J connectivity index is 0.00000137. The van der Waals surface area contributed by atoms with Crippen LogP contribution in [0.4, 0.5) is 0 Å². The van der Waals surface area contributed by atoms with Crippen molar-refractivity contribution in [2.45, 2.75) is 12.8 Å². The maximum absolute atomic E-state index is 2.51. The monoisotopic (exact) mass is 663 g/mol. The summed E-state index contributed by atoms with van der Waals surface area (Å²) in [4.78, 5) is 0. The van der Waals surface area contributed by atoms with Crippen molar-refractivity contribution in [1.29, 1.82) is 0 Å². The molecule has 4 aromatic carbocycles. The maximum Gasteiger partial charge on any atom is -1.00 e. The van der Waals surface area contributed by atoms with Gasteiger partial charge in [-0.05, 0) is 0 Å². The van der Waals surface area contributed by atoms with Gasteiger partial charge in [-0.1, -0.05) is 0 Å². The number of allylic oxidation sites excluding steroid dienone is 4. The smallest absolute Gasteiger partial charge is 1.00 e. The second-order valence-electron chi connectivity index (χ2n) is 8.66. The molecule has 34 heavy (non-hydrogen) atoms. The van der Waals surface area contributed by atoms with Gasteiger partial charge in [0.15, 0.2) is 0 Å². The van der Waals surface area contributed by atoms with Gasteiger partial charge in [-0.3, -0.25) is 0 Å². The van der Waals surface area contributed by atoms with Crippen LogP contribution in [0.2, 0.25) is 0 Å². The van der Waals surface area contributed by atoms with Gasteiger partial charge in [0, 0.05) is 0 Å². The Morgan fingerprint density at radius 1 is 0.618 bits per heavy atom. The van der Waals surface area contributed by atoms with Gasteiger partial charge in [-0.25, -0.2) is 0 Å². The molecule has 0 N–H and O–H groups in total. The van der Waals surface area contributed by atoms with Crippen molar-refractivity contribution in [2.75, 3.05) is 0 Å². The number of hydrogen-bond donors (Lipinski definition) is 0. The van der Waals surface area contributed by atoms with E-state index < -0.39 is 26.6 Å². The molecular formula is C30H25Cl2HfSi. The summed E-state index contributed by atoms with van der Waals surface area (Å²) in [6.45, 7) is 0. The third-order valence-electron chi connectivity index (χ3n) is 6.81. The van der Waals surface area contributed by atoms with Crippen LogP contribution in [0.15, 0.2) is 125 Å². The van der Waals surface area contributed by atoms with Gasteiger partial charge in [-0.15, -0.1) is 0 Å². The van der Waals surface area contributed by atoms with Gasteiger partial charge in [0.1, 0.15) is 0 Å². The van der Waals surface area contributed by atoms with E-state index in [-0.39, 0.29) is 24.8 Å². The van der Waals surface area contributed by atoms with Gasteiger partial charge in [0.05, 0.1) is 0 Å². The van der Waals surface area contributed by atoms with Crippen LogP contribution in [0.1, 0.15) is 17.5 Å². The van der Waals surface area contributed by atoms with Crippen molar-refractivity contribution < 1.29 is 45.4 Å². The third kappa shape index (κ3) is 4.62. The summed E-state index contributed by atoms with van der Waals surface area (Å²) in [5.74, 6) is -1.37. The molecule has 0 saturated carbocycles. The molecule has 0 amide bonds. The SMILES string of the molecule is C1=CC[C]([Hf+2]([c]2cccc3c2Cc2ccccc2-3)[SiH](c2ccccc2)c2ccccc2)=C1.[Cl-].[Cl-]. The number of benzene rings is 4. The predicted molar refractivity (Wildman–Crippen MR) is 135 cm³/mol. The Morgan fingerprint density at radius 2 is 1.24 bits per heavy atom. The summed E-state index contributed by atoms with van der Waals surface area (Å²) in [5.41, 5.74) is 6.07. The summed E-state index contributed by atoms with van der Waals surface area (Å²) in [5, 5.41) is 3.23. The molecule has 4 heteroatoms. The average Bonchev–Trinajstić information content (AvgIpc) is 3.52. The first-order valence-corrected chi connectivity index (χ1v) is 23.0. The van der Waals surface area contributed by atoms with Crippen LogP contribution in [-0.4, -0.2) is 5.98 Å². The van der Waals surface area contributed by atoms with Crippen LogP contribution < -0.4 is 38.5 Å². The fourth-order valence-corrected chi connectivity index (χ4v) is 37.4. The van der Waals surface area contributed by atoms with Crippen LogP contribution in [-0.2, 0) is 27.0 Å². The molecule has 6 rings (SSSR count). The molecule has 0 radical (unpaired) electrons. The summed E-state index contributed by atoms with van der Waals surface area (Å²) in [6, 6.07) is 39.2. The molecule has 4 aromatic rings. The molecular weight excluding hydrogens is 638 g/mol. The predicted octanol–water partition coefficient (Wildman–Crippen LogP) is -1.11. The molecule has 0 aliphatic heterocycles. The third-order valence-corrected chi connectivity index (χ3v) is 36.1. The van der Waals surface area contributed by atoms with E-state index in [1.807, 2.05) is 0 Å². The Labute approximate surface area is 223 Å². The summed E-state index contributed by atoms with van der Waals surface area (Å²) < 4.78 is 3.53. The van der Waals surface area contributed by atoms with Gasteiger partial charge in [0.2, 0.25) is 0 Å². The van der Waals surface area contributed by atoms with Crippen molar-refractivity contribution in [3.8, 4) is 11.1 Å². The zero-order chi connectivity index (χ0) is 21.3. The number of rotatable bonds is 5. The largest absolute Gasteiger partial charge is 1.00 e. The van der Waals surface area contributed by atoms with E-state index in [0.29, 0.717) is 0 Å².